The Kier molecular flexibility index (Phi) is 5.22. The standard InChI is InChI=1S/C13H12ClF3O4/c1-2-21-11(20)12(10(18)19,7-13(15,16)17)8-4-3-5-9(14)6-8/h3-6H,2,7H2,1H3,(H,18,19). The Bertz CT molecular complexity index is 544. The van der Waals surface area contributed by atoms with Crippen LogP contribution >= 0.6 is 11.6 Å². The monoisotopic (exact) mass is 324 g/mol. The van der Waals surface area contributed by atoms with Crippen molar-refractivity contribution in [3.63, 3.8) is 0 Å². The molecule has 0 radical (unpaired) electrons. The van der Waals surface area contributed by atoms with E-state index in [-0.39, 0.29) is 17.2 Å². The molecule has 0 aromatic heterocycles. The third-order valence-electron chi connectivity index (χ3n) is 2.77. The molecule has 0 fully saturated rings. The first-order chi connectivity index (χ1) is 9.63. The molecule has 0 saturated carbocycles. The van der Waals surface area contributed by atoms with Crippen LogP contribution in [0.5, 0.6) is 0 Å². The van der Waals surface area contributed by atoms with Crippen molar-refractivity contribution < 1.29 is 32.6 Å². The number of halogens is 4. The van der Waals surface area contributed by atoms with Gasteiger partial charge in [-0.15, -0.1) is 0 Å². The van der Waals surface area contributed by atoms with E-state index in [4.69, 9.17) is 11.6 Å². The smallest absolute Gasteiger partial charge is 0.391 e. The first kappa shape index (κ1) is 17.3. The van der Waals surface area contributed by atoms with Gasteiger partial charge < -0.3 is 9.84 Å². The lowest BCUT2D eigenvalue weighted by atomic mass is 9.77. The van der Waals surface area contributed by atoms with Crippen LogP contribution < -0.4 is 0 Å². The van der Waals surface area contributed by atoms with Crippen molar-refractivity contribution in [1.29, 1.82) is 0 Å². The quantitative estimate of drug-likeness (QED) is 0.667. The number of hydrogen-bond donors (Lipinski definition) is 1. The van der Waals surface area contributed by atoms with E-state index in [1.807, 2.05) is 0 Å². The molecule has 1 rings (SSSR count). The fourth-order valence-electron chi connectivity index (χ4n) is 1.89. The molecule has 1 aromatic carbocycles. The Labute approximate surface area is 123 Å². The minimum atomic E-state index is -4.88. The molecule has 0 heterocycles. The van der Waals surface area contributed by atoms with Crippen molar-refractivity contribution in [2.75, 3.05) is 6.61 Å². The number of esters is 1. The average Bonchev–Trinajstić information content (AvgIpc) is 2.34. The number of carboxylic acids is 1. The largest absolute Gasteiger partial charge is 0.480 e. The number of rotatable bonds is 5. The van der Waals surface area contributed by atoms with Gasteiger partial charge in [0.2, 0.25) is 0 Å². The van der Waals surface area contributed by atoms with E-state index in [1.54, 1.807) is 0 Å². The highest BCUT2D eigenvalue weighted by Crippen LogP contribution is 2.39. The Balaban J connectivity index is 3.51. The van der Waals surface area contributed by atoms with Crippen LogP contribution in [0.1, 0.15) is 18.9 Å². The first-order valence-corrected chi connectivity index (χ1v) is 6.24. The number of carbonyl (C=O) groups is 2. The van der Waals surface area contributed by atoms with Gasteiger partial charge in [0.05, 0.1) is 13.0 Å². The number of alkyl halides is 3. The summed E-state index contributed by atoms with van der Waals surface area (Å²) in [6.45, 7) is 1.13. The predicted octanol–water partition coefficient (Wildman–Crippen LogP) is 3.18. The van der Waals surface area contributed by atoms with Crippen LogP contribution in [-0.2, 0) is 19.7 Å². The number of ether oxygens (including phenoxy) is 1. The number of benzene rings is 1. The Morgan fingerprint density at radius 3 is 2.38 bits per heavy atom. The Morgan fingerprint density at radius 1 is 1.33 bits per heavy atom. The molecule has 1 N–H and O–H groups in total. The van der Waals surface area contributed by atoms with Crippen molar-refractivity contribution in [2.24, 2.45) is 0 Å². The Hall–Kier alpha value is -1.76. The molecule has 0 aliphatic rings. The van der Waals surface area contributed by atoms with Gasteiger partial charge >= 0.3 is 18.1 Å². The van der Waals surface area contributed by atoms with Crippen LogP contribution in [0.3, 0.4) is 0 Å². The topological polar surface area (TPSA) is 63.6 Å². The van der Waals surface area contributed by atoms with Gasteiger partial charge in [-0.25, -0.2) is 0 Å². The van der Waals surface area contributed by atoms with E-state index >= 15 is 0 Å². The van der Waals surface area contributed by atoms with Crippen LogP contribution in [0.15, 0.2) is 24.3 Å². The second-order valence-electron chi connectivity index (χ2n) is 4.23. The third-order valence-corrected chi connectivity index (χ3v) is 3.01. The molecule has 21 heavy (non-hydrogen) atoms. The zero-order chi connectivity index (χ0) is 16.3. The van der Waals surface area contributed by atoms with Gasteiger partial charge in [-0.05, 0) is 24.6 Å². The lowest BCUT2D eigenvalue weighted by Crippen LogP contribution is -2.48. The van der Waals surface area contributed by atoms with Gasteiger partial charge in [0, 0.05) is 5.02 Å². The van der Waals surface area contributed by atoms with Crippen molar-refractivity contribution >= 4 is 23.5 Å². The van der Waals surface area contributed by atoms with E-state index in [0.29, 0.717) is 0 Å². The van der Waals surface area contributed by atoms with E-state index in [0.717, 1.165) is 12.1 Å². The average molecular weight is 325 g/mol. The highest BCUT2D eigenvalue weighted by Gasteiger charge is 2.56. The van der Waals surface area contributed by atoms with Crippen LogP contribution in [0.25, 0.3) is 0 Å². The van der Waals surface area contributed by atoms with Crippen LogP contribution in [0.2, 0.25) is 5.02 Å². The second kappa shape index (κ2) is 6.34. The summed E-state index contributed by atoms with van der Waals surface area (Å²) in [5, 5.41) is 9.30. The molecule has 4 nitrogen and oxygen atoms in total. The summed E-state index contributed by atoms with van der Waals surface area (Å²) in [6, 6.07) is 4.74. The van der Waals surface area contributed by atoms with Crippen molar-refractivity contribution in [1.82, 2.24) is 0 Å². The molecular weight excluding hydrogens is 313 g/mol. The highest BCUT2D eigenvalue weighted by molar-refractivity contribution is 6.30. The van der Waals surface area contributed by atoms with Gasteiger partial charge in [0.15, 0.2) is 5.41 Å². The SMILES string of the molecule is CCOC(=O)C(CC(F)(F)F)(C(=O)O)c1cccc(Cl)c1. The molecule has 0 saturated heterocycles. The van der Waals surface area contributed by atoms with Gasteiger partial charge in [0.1, 0.15) is 0 Å². The molecule has 8 heteroatoms. The van der Waals surface area contributed by atoms with Crippen molar-refractivity contribution in [3.05, 3.63) is 34.9 Å². The molecule has 0 spiro atoms. The van der Waals surface area contributed by atoms with Gasteiger partial charge in [-0.2, -0.15) is 13.2 Å². The van der Waals surface area contributed by atoms with Gasteiger partial charge in [-0.3, -0.25) is 9.59 Å². The fraction of sp³-hybridized carbons (Fsp3) is 0.385. The molecule has 1 atom stereocenters. The fourth-order valence-corrected chi connectivity index (χ4v) is 2.08. The van der Waals surface area contributed by atoms with E-state index in [9.17, 15) is 27.9 Å². The number of carbonyl (C=O) groups excluding carboxylic acids is 1. The summed E-state index contributed by atoms with van der Waals surface area (Å²) in [6.07, 6.45) is -6.76. The van der Waals surface area contributed by atoms with Crippen LogP contribution in [0.4, 0.5) is 13.2 Å². The van der Waals surface area contributed by atoms with Crippen LogP contribution in [0, 0.1) is 0 Å². The molecule has 0 aliphatic carbocycles. The molecule has 116 valence electrons. The zero-order valence-corrected chi connectivity index (χ0v) is 11.7. The summed E-state index contributed by atoms with van der Waals surface area (Å²) >= 11 is 5.68. The van der Waals surface area contributed by atoms with E-state index in [1.165, 1.54) is 19.1 Å². The van der Waals surface area contributed by atoms with E-state index < -0.39 is 30.0 Å². The number of carboxylic acid groups (broad SMARTS) is 1. The summed E-state index contributed by atoms with van der Waals surface area (Å²) < 4.78 is 42.9. The lowest BCUT2D eigenvalue weighted by molar-refractivity contribution is -0.182. The normalized spacial score (nSPS) is 14.3. The Morgan fingerprint density at radius 2 is 1.95 bits per heavy atom. The van der Waals surface area contributed by atoms with E-state index in [2.05, 4.69) is 4.74 Å². The van der Waals surface area contributed by atoms with Crippen molar-refractivity contribution in [3.8, 4) is 0 Å². The molecule has 0 bridgehead atoms. The minimum Gasteiger partial charge on any atom is -0.480 e. The molecule has 1 unspecified atom stereocenters. The highest BCUT2D eigenvalue weighted by atomic mass is 35.5. The number of aliphatic carboxylic acids is 1. The maximum Gasteiger partial charge on any atom is 0.391 e. The van der Waals surface area contributed by atoms with Gasteiger partial charge in [-0.1, -0.05) is 23.7 Å². The molecule has 0 aliphatic heterocycles. The molecule has 1 aromatic rings. The summed E-state index contributed by atoms with van der Waals surface area (Å²) in [7, 11) is 0. The molecule has 0 amide bonds. The maximum absolute atomic E-state index is 12.8. The second-order valence-corrected chi connectivity index (χ2v) is 4.67. The third kappa shape index (κ3) is 3.87. The van der Waals surface area contributed by atoms with Gasteiger partial charge in [0.25, 0.3) is 0 Å². The maximum atomic E-state index is 12.8. The van der Waals surface area contributed by atoms with Crippen LogP contribution in [-0.4, -0.2) is 29.8 Å². The molecular formula is C13H12ClF3O4. The number of hydrogen-bond acceptors (Lipinski definition) is 3. The first-order valence-electron chi connectivity index (χ1n) is 5.87. The summed E-state index contributed by atoms with van der Waals surface area (Å²) in [4.78, 5) is 23.4. The minimum absolute atomic E-state index is 0.0181. The summed E-state index contributed by atoms with van der Waals surface area (Å²) in [5.74, 6) is -3.42. The lowest BCUT2D eigenvalue weighted by Gasteiger charge is -2.28. The van der Waals surface area contributed by atoms with Crippen molar-refractivity contribution in [2.45, 2.75) is 24.9 Å². The predicted molar refractivity (Wildman–Crippen MR) is 68.1 cm³/mol. The zero-order valence-electron chi connectivity index (χ0n) is 10.9. The summed E-state index contributed by atoms with van der Waals surface area (Å²) in [5.41, 5.74) is -3.25.